The summed E-state index contributed by atoms with van der Waals surface area (Å²) in [6, 6.07) is 2.64. The lowest BCUT2D eigenvalue weighted by Gasteiger charge is -2.21. The van der Waals surface area contributed by atoms with Crippen molar-refractivity contribution in [2.75, 3.05) is 6.54 Å². The van der Waals surface area contributed by atoms with E-state index in [-0.39, 0.29) is 11.2 Å². The number of nitro benzene ring substituents is 1. The van der Waals surface area contributed by atoms with Crippen LogP contribution < -0.4 is 11.1 Å². The van der Waals surface area contributed by atoms with Crippen LogP contribution in [0.25, 0.3) is 11.0 Å². The summed E-state index contributed by atoms with van der Waals surface area (Å²) < 4.78 is 0. The van der Waals surface area contributed by atoms with E-state index in [2.05, 4.69) is 9.97 Å². The number of non-ortho nitro benzene ring substituents is 1. The Morgan fingerprint density at radius 1 is 1.18 bits per heavy atom. The molecule has 0 saturated carbocycles. The molecule has 1 aromatic carbocycles. The van der Waals surface area contributed by atoms with Crippen LogP contribution in [0.4, 0.5) is 5.69 Å². The molecule has 0 radical (unpaired) electrons. The van der Waals surface area contributed by atoms with Gasteiger partial charge in [-0.05, 0) is 12.3 Å². The first-order chi connectivity index (χ1) is 10.5. The third-order valence-electron chi connectivity index (χ3n) is 3.37. The van der Waals surface area contributed by atoms with Crippen LogP contribution in [-0.2, 0) is 6.54 Å². The van der Waals surface area contributed by atoms with Crippen molar-refractivity contribution in [3.05, 3.63) is 72.9 Å². The van der Waals surface area contributed by atoms with Crippen molar-refractivity contribution in [3.63, 3.8) is 0 Å². The van der Waals surface area contributed by atoms with E-state index < -0.39 is 16.0 Å². The molecule has 1 aliphatic rings. The highest BCUT2D eigenvalue weighted by Gasteiger charge is 2.15. The van der Waals surface area contributed by atoms with E-state index in [4.69, 9.17) is 0 Å². The minimum absolute atomic E-state index is 0.137. The second-order valence-corrected chi connectivity index (χ2v) is 4.89. The first kappa shape index (κ1) is 13.8. The maximum absolute atomic E-state index is 11.5. The molecular formula is C14H12N4O4. The van der Waals surface area contributed by atoms with Gasteiger partial charge in [0.15, 0.2) is 0 Å². The molecule has 112 valence electrons. The van der Waals surface area contributed by atoms with E-state index in [0.29, 0.717) is 24.2 Å². The van der Waals surface area contributed by atoms with Crippen molar-refractivity contribution in [2.45, 2.75) is 6.54 Å². The summed E-state index contributed by atoms with van der Waals surface area (Å²) in [4.78, 5) is 40.3. The average molecular weight is 300 g/mol. The van der Waals surface area contributed by atoms with Crippen molar-refractivity contribution in [1.82, 2.24) is 14.9 Å². The minimum atomic E-state index is -0.834. The van der Waals surface area contributed by atoms with Gasteiger partial charge >= 0.3 is 11.1 Å². The molecule has 2 N–H and O–H groups in total. The van der Waals surface area contributed by atoms with Gasteiger partial charge in [0.1, 0.15) is 0 Å². The van der Waals surface area contributed by atoms with Gasteiger partial charge in [0.2, 0.25) is 0 Å². The van der Waals surface area contributed by atoms with Crippen LogP contribution in [0.2, 0.25) is 0 Å². The van der Waals surface area contributed by atoms with Gasteiger partial charge in [0.25, 0.3) is 5.69 Å². The number of allylic oxidation sites excluding steroid dienone is 2. The third-order valence-corrected chi connectivity index (χ3v) is 3.37. The highest BCUT2D eigenvalue weighted by molar-refractivity contribution is 5.80. The summed E-state index contributed by atoms with van der Waals surface area (Å²) in [5.74, 6) is 0. The zero-order valence-corrected chi connectivity index (χ0v) is 11.4. The van der Waals surface area contributed by atoms with Gasteiger partial charge in [-0.1, -0.05) is 12.2 Å². The SMILES string of the molecule is O=c1[nH]c2cc([N+](=O)[O-])cc(CN3C=CC=CC3)c2[nH]c1=O. The molecule has 0 aliphatic carbocycles. The number of benzene rings is 1. The van der Waals surface area contributed by atoms with Gasteiger partial charge in [-0.15, -0.1) is 0 Å². The van der Waals surface area contributed by atoms with E-state index in [0.717, 1.165) is 0 Å². The molecule has 2 heterocycles. The first-order valence-corrected chi connectivity index (χ1v) is 6.55. The number of nitrogens with zero attached hydrogens (tertiary/aromatic N) is 2. The quantitative estimate of drug-likeness (QED) is 0.499. The van der Waals surface area contributed by atoms with E-state index in [1.54, 1.807) is 0 Å². The Morgan fingerprint density at radius 3 is 2.64 bits per heavy atom. The Morgan fingerprint density at radius 2 is 1.95 bits per heavy atom. The van der Waals surface area contributed by atoms with Gasteiger partial charge in [0, 0.05) is 30.8 Å². The first-order valence-electron chi connectivity index (χ1n) is 6.55. The van der Waals surface area contributed by atoms with E-state index in [9.17, 15) is 19.7 Å². The fourth-order valence-electron chi connectivity index (χ4n) is 2.35. The van der Waals surface area contributed by atoms with Crippen molar-refractivity contribution in [3.8, 4) is 0 Å². The van der Waals surface area contributed by atoms with Crippen molar-refractivity contribution in [1.29, 1.82) is 0 Å². The molecule has 8 heteroatoms. The number of hydrogen-bond acceptors (Lipinski definition) is 5. The predicted molar refractivity (Wildman–Crippen MR) is 80.5 cm³/mol. The Hall–Kier alpha value is -3.16. The summed E-state index contributed by atoms with van der Waals surface area (Å²) >= 11 is 0. The highest BCUT2D eigenvalue weighted by Crippen LogP contribution is 2.23. The number of hydrogen-bond donors (Lipinski definition) is 2. The number of aromatic amines is 2. The van der Waals surface area contributed by atoms with Crippen molar-refractivity contribution in [2.24, 2.45) is 0 Å². The molecule has 0 saturated heterocycles. The molecule has 0 atom stereocenters. The third kappa shape index (κ3) is 2.53. The average Bonchev–Trinajstić information content (AvgIpc) is 2.50. The molecule has 1 aliphatic heterocycles. The summed E-state index contributed by atoms with van der Waals surface area (Å²) in [6.45, 7) is 1.04. The van der Waals surface area contributed by atoms with Gasteiger partial charge in [0.05, 0.1) is 16.0 Å². The molecule has 3 rings (SSSR count). The zero-order valence-electron chi connectivity index (χ0n) is 11.4. The summed E-state index contributed by atoms with van der Waals surface area (Å²) in [6.07, 6.45) is 7.56. The van der Waals surface area contributed by atoms with Crippen LogP contribution in [0.5, 0.6) is 0 Å². The Kier molecular flexibility index (Phi) is 3.34. The van der Waals surface area contributed by atoms with Gasteiger partial charge < -0.3 is 14.9 Å². The molecule has 0 bridgehead atoms. The minimum Gasteiger partial charge on any atom is -0.369 e. The number of H-pyrrole nitrogens is 2. The zero-order chi connectivity index (χ0) is 15.7. The van der Waals surface area contributed by atoms with Gasteiger partial charge in [-0.3, -0.25) is 19.7 Å². The molecule has 22 heavy (non-hydrogen) atoms. The molecule has 0 amide bonds. The lowest BCUT2D eigenvalue weighted by molar-refractivity contribution is -0.384. The number of fused-ring (bicyclic) bond motifs is 1. The van der Waals surface area contributed by atoms with Crippen LogP contribution in [0.15, 0.2) is 46.1 Å². The van der Waals surface area contributed by atoms with E-state index in [1.807, 2.05) is 29.3 Å². The van der Waals surface area contributed by atoms with Crippen molar-refractivity contribution < 1.29 is 4.92 Å². The maximum Gasteiger partial charge on any atom is 0.314 e. The second kappa shape index (κ2) is 5.32. The molecule has 0 spiro atoms. The number of nitrogens with one attached hydrogen (secondary N) is 2. The standard InChI is InChI=1S/C14H12N4O4/c19-13-14(20)16-12-9(8-17-4-2-1-3-5-17)6-10(18(21)22)7-11(12)15-13/h1-4,6-7H,5,8H2,(H,15,19)(H,16,20). The normalized spacial score (nSPS) is 13.7. The largest absolute Gasteiger partial charge is 0.369 e. The highest BCUT2D eigenvalue weighted by atomic mass is 16.6. The number of rotatable bonds is 3. The second-order valence-electron chi connectivity index (χ2n) is 4.89. The van der Waals surface area contributed by atoms with Crippen LogP contribution in [0, 0.1) is 10.1 Å². The monoisotopic (exact) mass is 300 g/mol. The van der Waals surface area contributed by atoms with E-state index >= 15 is 0 Å². The Bertz CT molecular complexity index is 923. The fourth-order valence-corrected chi connectivity index (χ4v) is 2.35. The smallest absolute Gasteiger partial charge is 0.314 e. The molecule has 8 nitrogen and oxygen atoms in total. The number of aromatic nitrogens is 2. The molecular weight excluding hydrogens is 288 g/mol. The Balaban J connectivity index is 2.16. The van der Waals surface area contributed by atoms with E-state index in [1.165, 1.54) is 12.1 Å². The molecule has 2 aromatic rings. The van der Waals surface area contributed by atoms with Crippen LogP contribution in [0.1, 0.15) is 5.56 Å². The topological polar surface area (TPSA) is 112 Å². The summed E-state index contributed by atoms with van der Waals surface area (Å²) in [7, 11) is 0. The predicted octanol–water partition coefficient (Wildman–Crippen LogP) is 1.01. The lowest BCUT2D eigenvalue weighted by atomic mass is 10.1. The maximum atomic E-state index is 11.5. The Labute approximate surface area is 123 Å². The van der Waals surface area contributed by atoms with Gasteiger partial charge in [-0.2, -0.15) is 0 Å². The van der Waals surface area contributed by atoms with Crippen LogP contribution in [-0.4, -0.2) is 26.3 Å². The lowest BCUT2D eigenvalue weighted by Crippen LogP contribution is -2.29. The van der Waals surface area contributed by atoms with Crippen LogP contribution in [0.3, 0.4) is 0 Å². The van der Waals surface area contributed by atoms with Gasteiger partial charge in [-0.25, -0.2) is 0 Å². The molecule has 0 fully saturated rings. The molecule has 0 unspecified atom stereocenters. The summed E-state index contributed by atoms with van der Waals surface area (Å²) in [5.41, 5.74) is -0.542. The molecule has 1 aromatic heterocycles. The summed E-state index contributed by atoms with van der Waals surface area (Å²) in [5, 5.41) is 11.0. The van der Waals surface area contributed by atoms with Crippen LogP contribution >= 0.6 is 0 Å². The number of nitro groups is 1. The van der Waals surface area contributed by atoms with Crippen molar-refractivity contribution >= 4 is 16.7 Å². The fraction of sp³-hybridized carbons (Fsp3) is 0.143.